The first-order valence-corrected chi connectivity index (χ1v) is 11.8. The van der Waals surface area contributed by atoms with E-state index in [1.807, 2.05) is 0 Å². The number of nitrogens with one attached hydrogen (secondary N) is 1. The molecule has 0 heterocycles. The number of carbonyl (C=O) groups excluding carboxylic acids is 2. The van der Waals surface area contributed by atoms with Crippen molar-refractivity contribution in [3.63, 3.8) is 0 Å². The van der Waals surface area contributed by atoms with Gasteiger partial charge >= 0.3 is 5.97 Å². The smallest absolute Gasteiger partial charge is 0.338 e. The van der Waals surface area contributed by atoms with E-state index in [4.69, 9.17) is 4.74 Å². The molecule has 0 saturated heterocycles. The van der Waals surface area contributed by atoms with Crippen LogP contribution in [0.25, 0.3) is 0 Å². The van der Waals surface area contributed by atoms with E-state index in [0.717, 1.165) is 25.3 Å². The number of hydrogen-bond acceptors (Lipinski definition) is 3. The van der Waals surface area contributed by atoms with E-state index >= 15 is 0 Å². The predicted molar refractivity (Wildman–Crippen MR) is 121 cm³/mol. The minimum atomic E-state index is -0.626. The number of esters is 1. The molecule has 5 heteroatoms. The van der Waals surface area contributed by atoms with E-state index in [1.165, 1.54) is 76.3 Å². The number of ether oxygens (including phenoxy) is 1. The summed E-state index contributed by atoms with van der Waals surface area (Å²) in [4.78, 5) is 23.6. The quantitative estimate of drug-likeness (QED) is 0.210. The third kappa shape index (κ3) is 11.9. The second kappa shape index (κ2) is 16.8. The highest BCUT2D eigenvalue weighted by Crippen LogP contribution is 2.18. The Morgan fingerprint density at radius 2 is 1.37 bits per heavy atom. The van der Waals surface area contributed by atoms with Gasteiger partial charge in [0.25, 0.3) is 0 Å². The minimum absolute atomic E-state index is 0.0998. The summed E-state index contributed by atoms with van der Waals surface area (Å²) >= 11 is 0. The molecule has 0 aromatic heterocycles. The summed E-state index contributed by atoms with van der Waals surface area (Å²) in [7, 11) is 0. The Kier molecular flexibility index (Phi) is 14.7. The van der Waals surface area contributed by atoms with Gasteiger partial charge in [-0.1, -0.05) is 84.0 Å². The summed E-state index contributed by atoms with van der Waals surface area (Å²) in [6.45, 7) is 4.18. The van der Waals surface area contributed by atoms with Gasteiger partial charge in [0.2, 0.25) is 5.91 Å². The van der Waals surface area contributed by atoms with E-state index in [9.17, 15) is 14.0 Å². The van der Waals surface area contributed by atoms with E-state index in [0.29, 0.717) is 6.42 Å². The molecule has 0 saturated carbocycles. The second-order valence-corrected chi connectivity index (χ2v) is 7.96. The summed E-state index contributed by atoms with van der Waals surface area (Å²) in [6.07, 6.45) is 16.7. The predicted octanol–water partition coefficient (Wildman–Crippen LogP) is 7.42. The molecule has 4 nitrogen and oxygen atoms in total. The number of hydrogen-bond donors (Lipinski definition) is 1. The number of unbranched alkanes of at least 4 members (excludes halogenated alkanes) is 12. The van der Waals surface area contributed by atoms with Gasteiger partial charge < -0.3 is 10.1 Å². The number of benzene rings is 1. The molecule has 0 atom stereocenters. The summed E-state index contributed by atoms with van der Waals surface area (Å²) in [5, 5.41) is 2.59. The van der Waals surface area contributed by atoms with Crippen LogP contribution in [0.15, 0.2) is 18.2 Å². The van der Waals surface area contributed by atoms with Gasteiger partial charge in [0.1, 0.15) is 5.82 Å². The molecule has 0 aliphatic carbocycles. The summed E-state index contributed by atoms with van der Waals surface area (Å²) in [6, 6.07) is 3.96. The van der Waals surface area contributed by atoms with Crippen molar-refractivity contribution in [1.29, 1.82) is 0 Å². The van der Waals surface area contributed by atoms with Crippen molar-refractivity contribution in [3.05, 3.63) is 29.6 Å². The molecule has 170 valence electrons. The fourth-order valence-corrected chi connectivity index (χ4v) is 3.47. The van der Waals surface area contributed by atoms with E-state index < -0.39 is 11.8 Å². The summed E-state index contributed by atoms with van der Waals surface area (Å²) < 4.78 is 18.9. The normalized spacial score (nSPS) is 10.8. The van der Waals surface area contributed by atoms with Gasteiger partial charge in [-0.05, 0) is 31.5 Å². The van der Waals surface area contributed by atoms with E-state index in [1.54, 1.807) is 6.92 Å². The standard InChI is InChI=1S/C25H40FNO3/c1-3-5-6-7-8-9-10-11-12-13-14-15-16-17-24(28)27-23-19-18-21(20-22(23)26)25(29)30-4-2/h18-20H,3-17H2,1-2H3,(H,27,28). The third-order valence-corrected chi connectivity index (χ3v) is 5.26. The van der Waals surface area contributed by atoms with Crippen LogP contribution in [0.2, 0.25) is 0 Å². The molecule has 1 amide bonds. The van der Waals surface area contributed by atoms with Gasteiger partial charge in [-0.25, -0.2) is 9.18 Å². The van der Waals surface area contributed by atoms with Gasteiger partial charge in [-0.2, -0.15) is 0 Å². The molecular weight excluding hydrogens is 381 g/mol. The van der Waals surface area contributed by atoms with Crippen LogP contribution in [-0.4, -0.2) is 18.5 Å². The number of carbonyl (C=O) groups is 2. The molecule has 1 rings (SSSR count). The molecule has 30 heavy (non-hydrogen) atoms. The Balaban J connectivity index is 2.06. The Morgan fingerprint density at radius 1 is 0.833 bits per heavy atom. The van der Waals surface area contributed by atoms with Crippen molar-refractivity contribution in [3.8, 4) is 0 Å². The fraction of sp³-hybridized carbons (Fsp3) is 0.680. The van der Waals surface area contributed by atoms with Crippen molar-refractivity contribution >= 4 is 17.6 Å². The Labute approximate surface area is 182 Å². The second-order valence-electron chi connectivity index (χ2n) is 7.96. The van der Waals surface area contributed by atoms with Crippen molar-refractivity contribution in [1.82, 2.24) is 0 Å². The number of halogens is 1. The molecule has 0 bridgehead atoms. The lowest BCUT2D eigenvalue weighted by molar-refractivity contribution is -0.116. The van der Waals surface area contributed by atoms with Gasteiger partial charge in [-0.3, -0.25) is 4.79 Å². The molecule has 1 aromatic carbocycles. The first-order valence-electron chi connectivity index (χ1n) is 11.8. The van der Waals surface area contributed by atoms with Crippen molar-refractivity contribution in [2.75, 3.05) is 11.9 Å². The van der Waals surface area contributed by atoms with Gasteiger partial charge in [-0.15, -0.1) is 0 Å². The van der Waals surface area contributed by atoms with Crippen LogP contribution in [0.5, 0.6) is 0 Å². The SMILES string of the molecule is CCCCCCCCCCCCCCCC(=O)Nc1ccc(C(=O)OCC)cc1F. The highest BCUT2D eigenvalue weighted by molar-refractivity contribution is 5.93. The lowest BCUT2D eigenvalue weighted by Gasteiger charge is -2.08. The highest BCUT2D eigenvalue weighted by Gasteiger charge is 2.12. The maximum Gasteiger partial charge on any atom is 0.338 e. The third-order valence-electron chi connectivity index (χ3n) is 5.26. The molecule has 1 N–H and O–H groups in total. The first-order chi connectivity index (χ1) is 14.6. The largest absolute Gasteiger partial charge is 0.462 e. The topological polar surface area (TPSA) is 55.4 Å². The Morgan fingerprint density at radius 3 is 1.87 bits per heavy atom. The zero-order chi connectivity index (χ0) is 22.0. The monoisotopic (exact) mass is 421 g/mol. The Bertz CT molecular complexity index is 618. The van der Waals surface area contributed by atoms with E-state index in [2.05, 4.69) is 12.2 Å². The van der Waals surface area contributed by atoms with Crippen LogP contribution in [-0.2, 0) is 9.53 Å². The zero-order valence-electron chi connectivity index (χ0n) is 18.9. The first kappa shape index (κ1) is 26.1. The average Bonchev–Trinajstić information content (AvgIpc) is 2.73. The van der Waals surface area contributed by atoms with Crippen LogP contribution in [0.1, 0.15) is 114 Å². The molecule has 0 spiro atoms. The fourth-order valence-electron chi connectivity index (χ4n) is 3.47. The number of anilines is 1. The maximum atomic E-state index is 14.1. The maximum absolute atomic E-state index is 14.1. The Hall–Kier alpha value is -1.91. The van der Waals surface area contributed by atoms with Crippen LogP contribution in [0, 0.1) is 5.82 Å². The summed E-state index contributed by atoms with van der Waals surface area (Å²) in [5.74, 6) is -1.39. The number of rotatable bonds is 17. The van der Waals surface area contributed by atoms with E-state index in [-0.39, 0.29) is 23.8 Å². The molecule has 0 aliphatic heterocycles. The van der Waals surface area contributed by atoms with Gasteiger partial charge in [0.05, 0.1) is 17.9 Å². The van der Waals surface area contributed by atoms with Crippen LogP contribution in [0.4, 0.5) is 10.1 Å². The van der Waals surface area contributed by atoms with Gasteiger partial charge in [0.15, 0.2) is 0 Å². The van der Waals surface area contributed by atoms with Crippen molar-refractivity contribution in [2.45, 2.75) is 104 Å². The van der Waals surface area contributed by atoms with Crippen LogP contribution >= 0.6 is 0 Å². The van der Waals surface area contributed by atoms with Crippen molar-refractivity contribution < 1.29 is 18.7 Å². The molecule has 1 aromatic rings. The highest BCUT2D eigenvalue weighted by atomic mass is 19.1. The molecule has 0 unspecified atom stereocenters. The summed E-state index contributed by atoms with van der Waals surface area (Å²) in [5.41, 5.74) is 0.242. The molecule has 0 aliphatic rings. The van der Waals surface area contributed by atoms with Gasteiger partial charge in [0, 0.05) is 6.42 Å². The lowest BCUT2D eigenvalue weighted by atomic mass is 10.0. The lowest BCUT2D eigenvalue weighted by Crippen LogP contribution is -2.13. The molecular formula is C25H40FNO3. The minimum Gasteiger partial charge on any atom is -0.462 e. The molecule has 0 fully saturated rings. The number of amides is 1. The molecule has 0 radical (unpaired) electrons. The van der Waals surface area contributed by atoms with Crippen LogP contribution in [0.3, 0.4) is 0 Å². The van der Waals surface area contributed by atoms with Crippen molar-refractivity contribution in [2.24, 2.45) is 0 Å². The van der Waals surface area contributed by atoms with Crippen LogP contribution < -0.4 is 5.32 Å². The zero-order valence-corrected chi connectivity index (χ0v) is 18.9. The average molecular weight is 422 g/mol.